The van der Waals surface area contributed by atoms with E-state index in [4.69, 9.17) is 4.74 Å². The number of carbonyl (C=O) groups excluding carboxylic acids is 1. The number of alkyl carbamates (subject to hydrolysis) is 1. The summed E-state index contributed by atoms with van der Waals surface area (Å²) in [5.74, 6) is -0.112. The van der Waals surface area contributed by atoms with Gasteiger partial charge in [-0.3, -0.25) is 0 Å². The first-order valence-electron chi connectivity index (χ1n) is 6.44. The van der Waals surface area contributed by atoms with Crippen molar-refractivity contribution in [2.45, 2.75) is 58.1 Å². The van der Waals surface area contributed by atoms with E-state index in [2.05, 4.69) is 5.32 Å². The second-order valence-electron chi connectivity index (χ2n) is 6.35. The largest absolute Gasteiger partial charge is 0.444 e. The molecule has 0 aliphatic heterocycles. The molecule has 2 rings (SSSR count). The zero-order chi connectivity index (χ0) is 14.3. The molecule has 1 aromatic heterocycles. The quantitative estimate of drug-likeness (QED) is 0.855. The van der Waals surface area contributed by atoms with Crippen LogP contribution in [-0.2, 0) is 17.6 Å². The van der Waals surface area contributed by atoms with E-state index in [0.29, 0.717) is 12.8 Å². The molecule has 106 valence electrons. The highest BCUT2D eigenvalue weighted by atomic mass is 32.1. The Balaban J connectivity index is 2.04. The lowest BCUT2D eigenvalue weighted by Gasteiger charge is -2.35. The third-order valence-electron chi connectivity index (χ3n) is 3.21. The molecule has 1 aliphatic carbocycles. The van der Waals surface area contributed by atoms with Gasteiger partial charge < -0.3 is 10.1 Å². The number of carbonyl (C=O) groups is 1. The van der Waals surface area contributed by atoms with Crippen molar-refractivity contribution in [3.63, 3.8) is 0 Å². The SMILES string of the molecule is CC1(NC(=O)OC(C)(C)C)CCc2c(F)csc2C1. The van der Waals surface area contributed by atoms with Crippen molar-refractivity contribution in [2.75, 3.05) is 0 Å². The van der Waals surface area contributed by atoms with Crippen molar-refractivity contribution in [3.05, 3.63) is 21.6 Å². The fourth-order valence-electron chi connectivity index (χ4n) is 2.31. The lowest BCUT2D eigenvalue weighted by molar-refractivity contribution is 0.0455. The number of rotatable bonds is 1. The Labute approximate surface area is 117 Å². The molecule has 0 radical (unpaired) electrons. The third kappa shape index (κ3) is 3.47. The molecule has 1 aromatic rings. The second-order valence-corrected chi connectivity index (χ2v) is 7.31. The van der Waals surface area contributed by atoms with Gasteiger partial charge >= 0.3 is 6.09 Å². The molecule has 3 nitrogen and oxygen atoms in total. The van der Waals surface area contributed by atoms with Crippen LogP contribution in [0.5, 0.6) is 0 Å². The Hall–Kier alpha value is -1.10. The Bertz CT molecular complexity index is 492. The minimum Gasteiger partial charge on any atom is -0.444 e. The molecule has 0 aromatic carbocycles. The summed E-state index contributed by atoms with van der Waals surface area (Å²) in [6.45, 7) is 7.49. The van der Waals surface area contributed by atoms with Crippen LogP contribution in [0.2, 0.25) is 0 Å². The van der Waals surface area contributed by atoms with Gasteiger partial charge in [-0.1, -0.05) is 0 Å². The van der Waals surface area contributed by atoms with Crippen molar-refractivity contribution >= 4 is 17.4 Å². The molecule has 1 unspecified atom stereocenters. The maximum absolute atomic E-state index is 13.5. The van der Waals surface area contributed by atoms with E-state index in [1.165, 1.54) is 11.3 Å². The predicted molar refractivity (Wildman–Crippen MR) is 74.1 cm³/mol. The van der Waals surface area contributed by atoms with Crippen LogP contribution in [0.3, 0.4) is 0 Å². The van der Waals surface area contributed by atoms with E-state index in [9.17, 15) is 9.18 Å². The normalized spacial score (nSPS) is 22.8. The van der Waals surface area contributed by atoms with Crippen LogP contribution < -0.4 is 5.32 Å². The van der Waals surface area contributed by atoms with Crippen LogP contribution in [-0.4, -0.2) is 17.2 Å². The molecule has 0 bridgehead atoms. The number of hydrogen-bond donors (Lipinski definition) is 1. The summed E-state index contributed by atoms with van der Waals surface area (Å²) in [5.41, 5.74) is -0.0458. The molecule has 19 heavy (non-hydrogen) atoms. The monoisotopic (exact) mass is 285 g/mol. The molecule has 1 atom stereocenters. The van der Waals surface area contributed by atoms with Crippen LogP contribution in [0.1, 0.15) is 44.6 Å². The number of thiophene rings is 1. The third-order valence-corrected chi connectivity index (χ3v) is 4.21. The van der Waals surface area contributed by atoms with Gasteiger partial charge in [-0.2, -0.15) is 0 Å². The summed E-state index contributed by atoms with van der Waals surface area (Å²) >= 11 is 1.43. The fourth-order valence-corrected chi connectivity index (χ4v) is 3.44. The summed E-state index contributed by atoms with van der Waals surface area (Å²) < 4.78 is 18.7. The summed E-state index contributed by atoms with van der Waals surface area (Å²) in [5, 5.41) is 4.47. The maximum atomic E-state index is 13.5. The van der Waals surface area contributed by atoms with Gasteiger partial charge in [0.1, 0.15) is 11.4 Å². The Morgan fingerprint density at radius 3 is 2.84 bits per heavy atom. The van der Waals surface area contributed by atoms with Crippen molar-refractivity contribution in [1.82, 2.24) is 5.32 Å². The number of amides is 1. The average molecular weight is 285 g/mol. The van der Waals surface area contributed by atoms with Crippen molar-refractivity contribution in [2.24, 2.45) is 0 Å². The first kappa shape index (κ1) is 14.3. The van der Waals surface area contributed by atoms with E-state index >= 15 is 0 Å². The number of nitrogens with one attached hydrogen (secondary N) is 1. The molecule has 0 fully saturated rings. The van der Waals surface area contributed by atoms with Gasteiger partial charge in [0.05, 0.1) is 0 Å². The molecular formula is C14H20FNO2S. The lowest BCUT2D eigenvalue weighted by atomic mass is 9.83. The highest BCUT2D eigenvalue weighted by Crippen LogP contribution is 2.34. The molecule has 1 heterocycles. The summed E-state index contributed by atoms with van der Waals surface area (Å²) in [7, 11) is 0. The van der Waals surface area contributed by atoms with Gasteiger partial charge in [0.2, 0.25) is 0 Å². The van der Waals surface area contributed by atoms with Crippen molar-refractivity contribution < 1.29 is 13.9 Å². The topological polar surface area (TPSA) is 38.3 Å². The summed E-state index contributed by atoms with van der Waals surface area (Å²) in [6, 6.07) is 0. The van der Waals surface area contributed by atoms with E-state index in [-0.39, 0.29) is 11.4 Å². The van der Waals surface area contributed by atoms with Gasteiger partial charge in [0.15, 0.2) is 0 Å². The molecule has 1 amide bonds. The van der Waals surface area contributed by atoms with E-state index < -0.39 is 11.7 Å². The lowest BCUT2D eigenvalue weighted by Crippen LogP contribution is -2.51. The highest BCUT2D eigenvalue weighted by molar-refractivity contribution is 7.10. The van der Waals surface area contributed by atoms with E-state index in [0.717, 1.165) is 16.9 Å². The second kappa shape index (κ2) is 4.78. The Morgan fingerprint density at radius 1 is 1.53 bits per heavy atom. The zero-order valence-electron chi connectivity index (χ0n) is 11.8. The first-order valence-corrected chi connectivity index (χ1v) is 7.32. The van der Waals surface area contributed by atoms with Gasteiger partial charge in [-0.15, -0.1) is 11.3 Å². The van der Waals surface area contributed by atoms with Gasteiger partial charge in [-0.25, -0.2) is 9.18 Å². The van der Waals surface area contributed by atoms with Crippen LogP contribution in [0.4, 0.5) is 9.18 Å². The Morgan fingerprint density at radius 2 is 2.21 bits per heavy atom. The molecule has 5 heteroatoms. The molecule has 0 saturated heterocycles. The van der Waals surface area contributed by atoms with Crippen molar-refractivity contribution in [1.29, 1.82) is 0 Å². The number of fused-ring (bicyclic) bond motifs is 1. The average Bonchev–Trinajstić information content (AvgIpc) is 2.55. The number of halogens is 1. The maximum Gasteiger partial charge on any atom is 0.408 e. The van der Waals surface area contributed by atoms with Gasteiger partial charge in [-0.05, 0) is 40.5 Å². The molecular weight excluding hydrogens is 265 g/mol. The van der Waals surface area contributed by atoms with Gasteiger partial charge in [0.25, 0.3) is 0 Å². The smallest absolute Gasteiger partial charge is 0.408 e. The first-order chi connectivity index (χ1) is 8.69. The van der Waals surface area contributed by atoms with Crippen LogP contribution in [0, 0.1) is 5.82 Å². The highest BCUT2D eigenvalue weighted by Gasteiger charge is 2.34. The zero-order valence-corrected chi connectivity index (χ0v) is 12.6. The molecule has 0 saturated carbocycles. The minimum atomic E-state index is -0.505. The Kier molecular flexibility index (Phi) is 3.60. The standard InChI is InChI=1S/C14H20FNO2S/c1-13(2,3)18-12(17)16-14(4)6-5-9-10(15)8-19-11(9)7-14/h8H,5-7H2,1-4H3,(H,16,17). The molecule has 0 spiro atoms. The van der Waals surface area contributed by atoms with Gasteiger partial charge in [0, 0.05) is 27.8 Å². The van der Waals surface area contributed by atoms with E-state index in [1.54, 1.807) is 5.38 Å². The predicted octanol–water partition coefficient (Wildman–Crippen LogP) is 3.66. The summed E-state index contributed by atoms with van der Waals surface area (Å²) in [4.78, 5) is 12.9. The molecule has 1 aliphatic rings. The summed E-state index contributed by atoms with van der Waals surface area (Å²) in [6.07, 6.45) is 1.65. The van der Waals surface area contributed by atoms with E-state index in [1.807, 2.05) is 27.7 Å². The van der Waals surface area contributed by atoms with Crippen LogP contribution in [0.25, 0.3) is 0 Å². The van der Waals surface area contributed by atoms with Crippen LogP contribution in [0.15, 0.2) is 5.38 Å². The fraction of sp³-hybridized carbons (Fsp3) is 0.643. The van der Waals surface area contributed by atoms with Crippen molar-refractivity contribution in [3.8, 4) is 0 Å². The van der Waals surface area contributed by atoms with Crippen LogP contribution >= 0.6 is 11.3 Å². The number of ether oxygens (including phenoxy) is 1. The minimum absolute atomic E-state index is 0.112. The number of hydrogen-bond acceptors (Lipinski definition) is 3. The molecule has 1 N–H and O–H groups in total.